The molecule has 7 nitrogen and oxygen atoms in total. The van der Waals surface area contributed by atoms with Crippen LogP contribution in [0.1, 0.15) is 36.8 Å². The topological polar surface area (TPSA) is 76.2 Å². The Hall–Kier alpha value is -2.85. The van der Waals surface area contributed by atoms with Gasteiger partial charge >= 0.3 is 0 Å². The third-order valence-electron chi connectivity index (χ3n) is 6.01. The van der Waals surface area contributed by atoms with Gasteiger partial charge in [0.15, 0.2) is 11.5 Å². The fourth-order valence-electron chi connectivity index (χ4n) is 4.07. The van der Waals surface area contributed by atoms with Gasteiger partial charge in [-0.3, -0.25) is 19.3 Å². The zero-order valence-corrected chi connectivity index (χ0v) is 22.2. The van der Waals surface area contributed by atoms with E-state index < -0.39 is 11.1 Å². The first-order chi connectivity index (χ1) is 17.4. The molecule has 3 amide bonds. The summed E-state index contributed by atoms with van der Waals surface area (Å²) >= 11 is 4.26. The van der Waals surface area contributed by atoms with Crippen molar-refractivity contribution in [2.75, 3.05) is 26.7 Å². The van der Waals surface area contributed by atoms with Gasteiger partial charge in [-0.05, 0) is 70.4 Å². The molecular formula is C26H26BrFN2O5S. The summed E-state index contributed by atoms with van der Waals surface area (Å²) in [6, 6.07) is 9.72. The van der Waals surface area contributed by atoms with Crippen molar-refractivity contribution in [3.63, 3.8) is 0 Å². The summed E-state index contributed by atoms with van der Waals surface area (Å²) in [4.78, 5) is 41.1. The number of likely N-dealkylation sites (tertiary alicyclic amines) is 1. The van der Waals surface area contributed by atoms with E-state index in [0.717, 1.165) is 42.3 Å². The number of benzene rings is 2. The molecule has 0 N–H and O–H groups in total. The van der Waals surface area contributed by atoms with Crippen molar-refractivity contribution >= 4 is 50.8 Å². The summed E-state index contributed by atoms with van der Waals surface area (Å²) in [6.07, 6.45) is 5.61. The van der Waals surface area contributed by atoms with Gasteiger partial charge in [0.1, 0.15) is 19.0 Å². The number of thioether (sulfide) groups is 1. The van der Waals surface area contributed by atoms with Crippen LogP contribution in [0.2, 0.25) is 0 Å². The number of ether oxygens (including phenoxy) is 2. The van der Waals surface area contributed by atoms with Crippen LogP contribution in [0.3, 0.4) is 0 Å². The van der Waals surface area contributed by atoms with Crippen molar-refractivity contribution in [1.82, 2.24) is 9.80 Å². The molecule has 2 aliphatic rings. The van der Waals surface area contributed by atoms with E-state index in [2.05, 4.69) is 15.9 Å². The highest BCUT2D eigenvalue weighted by Gasteiger charge is 2.37. The molecule has 2 aliphatic heterocycles. The van der Waals surface area contributed by atoms with E-state index in [9.17, 15) is 18.8 Å². The molecule has 2 aromatic carbocycles. The van der Waals surface area contributed by atoms with E-state index in [1.807, 2.05) is 0 Å². The number of carbonyl (C=O) groups excluding carboxylic acids is 3. The summed E-state index contributed by atoms with van der Waals surface area (Å²) in [5, 5.41) is -0.467. The molecule has 0 bridgehead atoms. The molecule has 10 heteroatoms. The van der Waals surface area contributed by atoms with Gasteiger partial charge in [0.05, 0.1) is 16.5 Å². The second-order valence-corrected chi connectivity index (χ2v) is 10.3. The molecule has 0 unspecified atom stereocenters. The van der Waals surface area contributed by atoms with Crippen LogP contribution in [0, 0.1) is 5.82 Å². The quantitative estimate of drug-likeness (QED) is 0.398. The first-order valence-corrected chi connectivity index (χ1v) is 13.2. The average molecular weight is 577 g/mol. The normalized spacial score (nSPS) is 17.5. The fraction of sp³-hybridized carbons (Fsp3) is 0.346. The van der Waals surface area contributed by atoms with Crippen LogP contribution in [-0.2, 0) is 16.2 Å². The van der Waals surface area contributed by atoms with Gasteiger partial charge in [0, 0.05) is 18.7 Å². The van der Waals surface area contributed by atoms with Crippen molar-refractivity contribution in [1.29, 1.82) is 0 Å². The molecule has 0 radical (unpaired) electrons. The number of nitrogens with zero attached hydrogens (tertiary/aromatic N) is 2. The Morgan fingerprint density at radius 1 is 1.14 bits per heavy atom. The minimum Gasteiger partial charge on any atom is -0.493 e. The van der Waals surface area contributed by atoms with E-state index in [-0.39, 0.29) is 29.8 Å². The number of rotatable bonds is 7. The highest BCUT2D eigenvalue weighted by Crippen LogP contribution is 2.39. The number of hydrogen-bond donors (Lipinski definition) is 0. The van der Waals surface area contributed by atoms with E-state index in [1.54, 1.807) is 41.3 Å². The molecule has 2 saturated heterocycles. The Kier molecular flexibility index (Phi) is 8.68. The average Bonchev–Trinajstić information content (AvgIpc) is 3.05. The van der Waals surface area contributed by atoms with Gasteiger partial charge in [0.25, 0.3) is 11.1 Å². The Morgan fingerprint density at radius 2 is 1.86 bits per heavy atom. The van der Waals surface area contributed by atoms with Crippen LogP contribution >= 0.6 is 27.7 Å². The third-order valence-corrected chi connectivity index (χ3v) is 7.50. The second kappa shape index (κ2) is 11.9. The Balaban J connectivity index is 1.48. The molecule has 36 heavy (non-hydrogen) atoms. The predicted molar refractivity (Wildman–Crippen MR) is 139 cm³/mol. The highest BCUT2D eigenvalue weighted by molar-refractivity contribution is 9.10. The van der Waals surface area contributed by atoms with Crippen molar-refractivity contribution in [3.05, 3.63) is 62.7 Å². The minimum atomic E-state index is -0.497. The second-order valence-electron chi connectivity index (χ2n) is 8.48. The lowest BCUT2D eigenvalue weighted by atomic mass is 10.1. The van der Waals surface area contributed by atoms with E-state index in [4.69, 9.17) is 9.47 Å². The van der Waals surface area contributed by atoms with E-state index >= 15 is 0 Å². The molecule has 0 aromatic heterocycles. The maximum atomic E-state index is 13.9. The Morgan fingerprint density at radius 3 is 2.56 bits per heavy atom. The first-order valence-electron chi connectivity index (χ1n) is 11.6. The highest BCUT2D eigenvalue weighted by atomic mass is 79.9. The van der Waals surface area contributed by atoms with E-state index in [1.165, 1.54) is 13.2 Å². The number of amides is 3. The van der Waals surface area contributed by atoms with Gasteiger partial charge in [0.2, 0.25) is 5.91 Å². The molecule has 0 saturated carbocycles. The summed E-state index contributed by atoms with van der Waals surface area (Å²) in [7, 11) is 1.48. The molecule has 190 valence electrons. The summed E-state index contributed by atoms with van der Waals surface area (Å²) in [5.74, 6) is -0.310. The zero-order valence-electron chi connectivity index (χ0n) is 19.8. The molecule has 4 rings (SSSR count). The lowest BCUT2D eigenvalue weighted by molar-refractivity contribution is -0.135. The zero-order chi connectivity index (χ0) is 25.7. The third kappa shape index (κ3) is 6.10. The first kappa shape index (κ1) is 26.2. The summed E-state index contributed by atoms with van der Waals surface area (Å²) < 4.78 is 25.7. The predicted octanol–water partition coefficient (Wildman–Crippen LogP) is 5.61. The van der Waals surface area contributed by atoms with Gasteiger partial charge < -0.3 is 14.4 Å². The van der Waals surface area contributed by atoms with Crippen molar-refractivity contribution in [3.8, 4) is 11.5 Å². The van der Waals surface area contributed by atoms with Crippen LogP contribution in [-0.4, -0.2) is 53.6 Å². The molecular weight excluding hydrogens is 551 g/mol. The molecule has 0 atom stereocenters. The standard InChI is InChI=1S/C26H26BrFN2O5S/c1-34-21-13-17(12-19(27)24(21)35-16-18-8-4-5-9-20(18)28)14-22-25(32)30(26(33)36-22)15-23(31)29-10-6-2-3-7-11-29/h4-5,8-9,12-14H,2-3,6-7,10-11,15-16H2,1H3. The molecule has 0 aliphatic carbocycles. The maximum absolute atomic E-state index is 13.9. The summed E-state index contributed by atoms with van der Waals surface area (Å²) in [5.41, 5.74) is 1.00. The van der Waals surface area contributed by atoms with E-state index in [0.29, 0.717) is 40.2 Å². The monoisotopic (exact) mass is 576 g/mol. The smallest absolute Gasteiger partial charge is 0.294 e. The largest absolute Gasteiger partial charge is 0.493 e. The van der Waals surface area contributed by atoms with Crippen LogP contribution in [0.15, 0.2) is 45.8 Å². The SMILES string of the molecule is COc1cc(C=C2SC(=O)N(CC(=O)N3CCCCCC3)C2=O)cc(Br)c1OCc1ccccc1F. The molecule has 2 heterocycles. The van der Waals surface area contributed by atoms with Gasteiger partial charge in [-0.2, -0.15) is 0 Å². The Bertz CT molecular complexity index is 1200. The summed E-state index contributed by atoms with van der Waals surface area (Å²) in [6.45, 7) is 1.07. The van der Waals surface area contributed by atoms with Crippen molar-refractivity contribution in [2.24, 2.45) is 0 Å². The van der Waals surface area contributed by atoms with Gasteiger partial charge in [-0.25, -0.2) is 4.39 Å². The number of imide groups is 1. The number of hydrogen-bond acceptors (Lipinski definition) is 6. The number of methoxy groups -OCH3 is 1. The molecule has 0 spiro atoms. The van der Waals surface area contributed by atoms with Crippen LogP contribution in [0.4, 0.5) is 9.18 Å². The number of carbonyl (C=O) groups is 3. The fourth-order valence-corrected chi connectivity index (χ4v) is 5.48. The van der Waals surface area contributed by atoms with Gasteiger partial charge in [-0.15, -0.1) is 0 Å². The lowest BCUT2D eigenvalue weighted by Gasteiger charge is -2.22. The van der Waals surface area contributed by atoms with Crippen LogP contribution in [0.25, 0.3) is 6.08 Å². The lowest BCUT2D eigenvalue weighted by Crippen LogP contribution is -2.42. The Labute approximate surface area is 221 Å². The molecule has 2 fully saturated rings. The van der Waals surface area contributed by atoms with Crippen molar-refractivity contribution in [2.45, 2.75) is 32.3 Å². The van der Waals surface area contributed by atoms with Gasteiger partial charge in [-0.1, -0.05) is 31.0 Å². The van der Waals surface area contributed by atoms with Crippen molar-refractivity contribution < 1.29 is 28.2 Å². The van der Waals surface area contributed by atoms with Crippen LogP contribution in [0.5, 0.6) is 11.5 Å². The maximum Gasteiger partial charge on any atom is 0.294 e. The van der Waals surface area contributed by atoms with Crippen LogP contribution < -0.4 is 9.47 Å². The molecule has 2 aromatic rings. The minimum absolute atomic E-state index is 0.00488. The number of halogens is 2.